The van der Waals surface area contributed by atoms with Crippen molar-refractivity contribution in [3.63, 3.8) is 0 Å². The lowest BCUT2D eigenvalue weighted by Gasteiger charge is -2.32. The smallest absolute Gasteiger partial charge is 0.262 e. The van der Waals surface area contributed by atoms with E-state index in [1.807, 2.05) is 25.7 Å². The third kappa shape index (κ3) is 4.40. The summed E-state index contributed by atoms with van der Waals surface area (Å²) in [4.78, 5) is 53.3. The number of carbonyl (C=O) groups excluding carboxylic acids is 4. The number of nitrogens with one attached hydrogen (secondary N) is 1. The Bertz CT molecular complexity index is 864. The zero-order chi connectivity index (χ0) is 22.1. The van der Waals surface area contributed by atoms with Gasteiger partial charge in [0.15, 0.2) is 0 Å². The number of fused-ring (bicyclic) bond motifs is 1. The lowest BCUT2D eigenvalue weighted by atomic mass is 10.0. The Hall–Kier alpha value is -2.70. The van der Waals surface area contributed by atoms with E-state index >= 15 is 0 Å². The molecule has 1 fully saturated rings. The Morgan fingerprint density at radius 1 is 1.07 bits per heavy atom. The van der Waals surface area contributed by atoms with Gasteiger partial charge in [-0.05, 0) is 58.2 Å². The molecular formula is C23H31N3O4. The average Bonchev–Trinajstić information content (AvgIpc) is 2.96. The molecule has 2 aliphatic heterocycles. The third-order valence-electron chi connectivity index (χ3n) is 5.75. The van der Waals surface area contributed by atoms with Crippen molar-refractivity contribution < 1.29 is 19.2 Å². The van der Waals surface area contributed by atoms with Gasteiger partial charge in [0, 0.05) is 36.7 Å². The molecular weight excluding hydrogens is 382 g/mol. The molecule has 0 saturated carbocycles. The van der Waals surface area contributed by atoms with Crippen LogP contribution in [0.4, 0.5) is 0 Å². The highest BCUT2D eigenvalue weighted by molar-refractivity contribution is 6.22. The average molecular weight is 414 g/mol. The van der Waals surface area contributed by atoms with Crippen LogP contribution in [0.5, 0.6) is 0 Å². The van der Waals surface area contributed by atoms with Gasteiger partial charge in [-0.1, -0.05) is 13.3 Å². The summed E-state index contributed by atoms with van der Waals surface area (Å²) < 4.78 is 0. The molecule has 0 bridgehead atoms. The summed E-state index contributed by atoms with van der Waals surface area (Å²) in [6.07, 6.45) is 3.91. The molecule has 4 amide bonds. The monoisotopic (exact) mass is 413 g/mol. The van der Waals surface area contributed by atoms with Gasteiger partial charge in [0.2, 0.25) is 5.91 Å². The van der Waals surface area contributed by atoms with E-state index in [2.05, 4.69) is 12.2 Å². The number of likely N-dealkylation sites (tertiary alicyclic amines) is 1. The molecule has 1 saturated heterocycles. The summed E-state index contributed by atoms with van der Waals surface area (Å²) in [5.74, 6) is -0.763. The maximum absolute atomic E-state index is 12.7. The molecule has 0 radical (unpaired) electrons. The zero-order valence-electron chi connectivity index (χ0n) is 18.3. The first-order valence-corrected chi connectivity index (χ1v) is 10.7. The number of piperidine rings is 1. The van der Waals surface area contributed by atoms with Crippen molar-refractivity contribution in [3.8, 4) is 0 Å². The predicted octanol–water partition coefficient (Wildman–Crippen LogP) is 2.99. The van der Waals surface area contributed by atoms with E-state index in [1.54, 1.807) is 12.1 Å². The van der Waals surface area contributed by atoms with E-state index < -0.39 is 5.54 Å². The van der Waals surface area contributed by atoms with Crippen molar-refractivity contribution >= 4 is 23.6 Å². The fourth-order valence-electron chi connectivity index (χ4n) is 4.02. The molecule has 2 aliphatic rings. The van der Waals surface area contributed by atoms with Gasteiger partial charge >= 0.3 is 0 Å². The van der Waals surface area contributed by atoms with E-state index in [0.717, 1.165) is 12.8 Å². The molecule has 0 spiro atoms. The molecule has 3 rings (SSSR count). The van der Waals surface area contributed by atoms with Crippen LogP contribution < -0.4 is 5.32 Å². The minimum Gasteiger partial charge on any atom is -0.349 e. The standard InChI is InChI=1S/C23H31N3O4/c1-5-6-7-19(27)25-12-10-16(11-13-25)24-20(28)15-8-9-17-18(14-15)22(30)26(21(17)29)23(2,3)4/h8-9,14,16H,5-7,10-13H2,1-4H3,(H,24,28). The molecule has 1 aromatic carbocycles. The first-order valence-electron chi connectivity index (χ1n) is 10.7. The second-order valence-corrected chi connectivity index (χ2v) is 9.11. The quantitative estimate of drug-likeness (QED) is 0.752. The molecule has 0 unspecified atom stereocenters. The lowest BCUT2D eigenvalue weighted by Crippen LogP contribution is -2.46. The van der Waals surface area contributed by atoms with E-state index in [0.29, 0.717) is 43.5 Å². The summed E-state index contributed by atoms with van der Waals surface area (Å²) in [5.41, 5.74) is 0.356. The summed E-state index contributed by atoms with van der Waals surface area (Å²) in [7, 11) is 0. The predicted molar refractivity (Wildman–Crippen MR) is 113 cm³/mol. The molecule has 1 N–H and O–H groups in total. The van der Waals surface area contributed by atoms with Crippen molar-refractivity contribution in [1.82, 2.24) is 15.1 Å². The highest BCUT2D eigenvalue weighted by atomic mass is 16.2. The van der Waals surface area contributed by atoms with E-state index in [4.69, 9.17) is 0 Å². The number of hydrogen-bond donors (Lipinski definition) is 1. The molecule has 7 heteroatoms. The summed E-state index contributed by atoms with van der Waals surface area (Å²) in [6, 6.07) is 4.66. The zero-order valence-corrected chi connectivity index (χ0v) is 18.3. The van der Waals surface area contributed by atoms with Gasteiger partial charge in [0.1, 0.15) is 0 Å². The van der Waals surface area contributed by atoms with E-state index in [1.165, 1.54) is 11.0 Å². The second-order valence-electron chi connectivity index (χ2n) is 9.11. The molecule has 0 aliphatic carbocycles. The number of imide groups is 1. The minimum atomic E-state index is -0.627. The first-order chi connectivity index (χ1) is 14.1. The van der Waals surface area contributed by atoms with Crippen molar-refractivity contribution in [2.45, 2.75) is 71.4 Å². The van der Waals surface area contributed by atoms with Gasteiger partial charge in [0.25, 0.3) is 17.7 Å². The molecule has 1 aromatic rings. The van der Waals surface area contributed by atoms with E-state index in [-0.39, 0.29) is 35.2 Å². The minimum absolute atomic E-state index is 0.00983. The van der Waals surface area contributed by atoms with Crippen LogP contribution in [0.3, 0.4) is 0 Å². The van der Waals surface area contributed by atoms with Gasteiger partial charge in [-0.2, -0.15) is 0 Å². The van der Waals surface area contributed by atoms with Crippen LogP contribution in [0.25, 0.3) is 0 Å². The normalized spacial score (nSPS) is 17.3. The fraction of sp³-hybridized carbons (Fsp3) is 0.565. The fourth-order valence-corrected chi connectivity index (χ4v) is 4.02. The number of hydrogen-bond acceptors (Lipinski definition) is 4. The van der Waals surface area contributed by atoms with Crippen LogP contribution in [0, 0.1) is 0 Å². The van der Waals surface area contributed by atoms with Crippen molar-refractivity contribution in [1.29, 1.82) is 0 Å². The maximum atomic E-state index is 12.7. The highest BCUT2D eigenvalue weighted by Gasteiger charge is 2.42. The van der Waals surface area contributed by atoms with Crippen LogP contribution in [0.1, 0.15) is 90.9 Å². The van der Waals surface area contributed by atoms with Gasteiger partial charge in [-0.25, -0.2) is 0 Å². The highest BCUT2D eigenvalue weighted by Crippen LogP contribution is 2.30. The van der Waals surface area contributed by atoms with Gasteiger partial charge < -0.3 is 10.2 Å². The maximum Gasteiger partial charge on any atom is 0.262 e. The molecule has 0 aromatic heterocycles. The Morgan fingerprint density at radius 3 is 2.30 bits per heavy atom. The van der Waals surface area contributed by atoms with Crippen LogP contribution in [0.15, 0.2) is 18.2 Å². The summed E-state index contributed by atoms with van der Waals surface area (Å²) in [6.45, 7) is 8.78. The lowest BCUT2D eigenvalue weighted by molar-refractivity contribution is -0.132. The van der Waals surface area contributed by atoms with Crippen LogP contribution in [0.2, 0.25) is 0 Å². The molecule has 162 valence electrons. The third-order valence-corrected chi connectivity index (χ3v) is 5.75. The number of nitrogens with zero attached hydrogens (tertiary/aromatic N) is 2. The van der Waals surface area contributed by atoms with Crippen LogP contribution in [-0.2, 0) is 4.79 Å². The SMILES string of the molecule is CCCCC(=O)N1CCC(NC(=O)c2ccc3c(c2)C(=O)N(C(C)(C)C)C3=O)CC1. The number of rotatable bonds is 5. The van der Waals surface area contributed by atoms with Crippen LogP contribution >= 0.6 is 0 Å². The van der Waals surface area contributed by atoms with E-state index in [9.17, 15) is 19.2 Å². The molecule has 7 nitrogen and oxygen atoms in total. The summed E-state index contributed by atoms with van der Waals surface area (Å²) in [5, 5.41) is 3.01. The number of unbranched alkanes of at least 4 members (excludes halogenated alkanes) is 1. The summed E-state index contributed by atoms with van der Waals surface area (Å²) >= 11 is 0. The van der Waals surface area contributed by atoms with Crippen molar-refractivity contribution in [2.24, 2.45) is 0 Å². The Kier molecular flexibility index (Phi) is 6.29. The van der Waals surface area contributed by atoms with Gasteiger partial charge in [-0.3, -0.25) is 24.1 Å². The second kappa shape index (κ2) is 8.58. The van der Waals surface area contributed by atoms with Gasteiger partial charge in [-0.15, -0.1) is 0 Å². The molecule has 0 atom stereocenters. The molecule has 30 heavy (non-hydrogen) atoms. The van der Waals surface area contributed by atoms with Crippen molar-refractivity contribution in [3.05, 3.63) is 34.9 Å². The number of benzene rings is 1. The largest absolute Gasteiger partial charge is 0.349 e. The molecule has 2 heterocycles. The number of amides is 4. The Morgan fingerprint density at radius 2 is 1.70 bits per heavy atom. The number of carbonyl (C=O) groups is 4. The van der Waals surface area contributed by atoms with Gasteiger partial charge in [0.05, 0.1) is 11.1 Å². The Balaban J connectivity index is 1.62. The first kappa shape index (κ1) is 22.0. The van der Waals surface area contributed by atoms with Crippen molar-refractivity contribution in [2.75, 3.05) is 13.1 Å². The topological polar surface area (TPSA) is 86.8 Å². The van der Waals surface area contributed by atoms with Crippen LogP contribution in [-0.4, -0.2) is 58.1 Å². The Labute approximate surface area is 177 Å².